The maximum absolute atomic E-state index is 11.4. The first kappa shape index (κ1) is 13.0. The number of aromatic nitrogens is 2. The number of primary amides is 1. The Hall–Kier alpha value is -1.07. The third-order valence-electron chi connectivity index (χ3n) is 2.48. The van der Waals surface area contributed by atoms with Gasteiger partial charge in [-0.25, -0.2) is 0 Å². The van der Waals surface area contributed by atoms with Gasteiger partial charge in [-0.05, 0) is 20.4 Å². The van der Waals surface area contributed by atoms with Crippen molar-refractivity contribution in [3.8, 4) is 0 Å². The van der Waals surface area contributed by atoms with Crippen molar-refractivity contribution in [3.63, 3.8) is 0 Å². The van der Waals surface area contributed by atoms with E-state index in [1.54, 1.807) is 17.8 Å². The van der Waals surface area contributed by atoms with Gasteiger partial charge in [0.05, 0.1) is 17.3 Å². The summed E-state index contributed by atoms with van der Waals surface area (Å²) in [6.45, 7) is 6.51. The van der Waals surface area contributed by atoms with Crippen LogP contribution in [0.4, 0.5) is 0 Å². The fourth-order valence-corrected chi connectivity index (χ4v) is 1.66. The number of aryl methyl sites for hydroxylation is 1. The number of rotatable bonds is 5. The lowest BCUT2D eigenvalue weighted by molar-refractivity contribution is -0.124. The zero-order valence-corrected chi connectivity index (χ0v) is 10.5. The van der Waals surface area contributed by atoms with Crippen molar-refractivity contribution in [3.05, 3.63) is 16.9 Å². The molecule has 0 saturated carbocycles. The summed E-state index contributed by atoms with van der Waals surface area (Å²) in [5, 5.41) is 7.84. The van der Waals surface area contributed by atoms with Gasteiger partial charge in [0.15, 0.2) is 0 Å². The molecule has 0 aliphatic carbocycles. The van der Waals surface area contributed by atoms with Gasteiger partial charge in [-0.2, -0.15) is 5.10 Å². The minimum Gasteiger partial charge on any atom is -0.368 e. The molecule has 16 heavy (non-hydrogen) atoms. The Balaban J connectivity index is 2.87. The van der Waals surface area contributed by atoms with Crippen LogP contribution in [-0.2, 0) is 11.3 Å². The monoisotopic (exact) mass is 244 g/mol. The highest BCUT2D eigenvalue weighted by Crippen LogP contribution is 2.14. The van der Waals surface area contributed by atoms with Gasteiger partial charge < -0.3 is 11.1 Å². The van der Waals surface area contributed by atoms with Crippen LogP contribution in [0.1, 0.15) is 19.5 Å². The molecule has 0 bridgehead atoms. The highest BCUT2D eigenvalue weighted by molar-refractivity contribution is 6.31. The molecule has 1 atom stereocenters. The van der Waals surface area contributed by atoms with Crippen LogP contribution >= 0.6 is 11.6 Å². The van der Waals surface area contributed by atoms with E-state index in [1.165, 1.54) is 0 Å². The third-order valence-corrected chi connectivity index (χ3v) is 2.85. The van der Waals surface area contributed by atoms with Gasteiger partial charge in [-0.15, -0.1) is 0 Å². The maximum Gasteiger partial charge on any atom is 0.239 e. The van der Waals surface area contributed by atoms with Gasteiger partial charge in [-0.1, -0.05) is 18.5 Å². The Labute approximate surface area is 99.9 Å². The predicted octanol–water partition coefficient (Wildman–Crippen LogP) is 0.698. The molecule has 0 aliphatic rings. The van der Waals surface area contributed by atoms with Gasteiger partial charge in [0.2, 0.25) is 5.91 Å². The molecule has 1 amide bonds. The molecule has 3 N–H and O–H groups in total. The summed E-state index contributed by atoms with van der Waals surface area (Å²) in [5.41, 5.74) is 5.31. The second kappa shape index (κ2) is 4.84. The highest BCUT2D eigenvalue weighted by atomic mass is 35.5. The maximum atomic E-state index is 11.4. The van der Waals surface area contributed by atoms with E-state index < -0.39 is 11.4 Å². The number of nitrogens with two attached hydrogens (primary N) is 1. The van der Waals surface area contributed by atoms with Crippen molar-refractivity contribution < 1.29 is 4.79 Å². The van der Waals surface area contributed by atoms with Crippen LogP contribution in [-0.4, -0.2) is 27.8 Å². The molecule has 0 saturated heterocycles. The first-order valence-electron chi connectivity index (χ1n) is 5.13. The van der Waals surface area contributed by atoms with E-state index in [4.69, 9.17) is 17.3 Å². The fraction of sp³-hybridized carbons (Fsp3) is 0.600. The number of nitrogens with zero attached hydrogens (tertiary/aromatic N) is 2. The normalized spacial score (nSPS) is 14.8. The van der Waals surface area contributed by atoms with Crippen LogP contribution in [0.3, 0.4) is 0 Å². The van der Waals surface area contributed by atoms with Crippen molar-refractivity contribution in [2.45, 2.75) is 32.9 Å². The van der Waals surface area contributed by atoms with Crippen molar-refractivity contribution in [1.82, 2.24) is 15.1 Å². The average molecular weight is 245 g/mol. The zero-order valence-electron chi connectivity index (χ0n) is 9.75. The second-order valence-electron chi connectivity index (χ2n) is 3.99. The van der Waals surface area contributed by atoms with Crippen molar-refractivity contribution in [2.24, 2.45) is 5.73 Å². The Morgan fingerprint density at radius 3 is 2.75 bits per heavy atom. The largest absolute Gasteiger partial charge is 0.368 e. The standard InChI is InChI=1S/C10H17ClN4O/c1-4-13-10(3,9(12)16)6-15-5-8(11)7(2)14-15/h5,13H,4,6H2,1-3H3,(H2,12,16). The summed E-state index contributed by atoms with van der Waals surface area (Å²) in [4.78, 5) is 11.4. The van der Waals surface area contributed by atoms with Crippen LogP contribution < -0.4 is 11.1 Å². The topological polar surface area (TPSA) is 72.9 Å². The summed E-state index contributed by atoms with van der Waals surface area (Å²) < 4.78 is 1.63. The molecule has 1 aromatic heterocycles. The molecule has 90 valence electrons. The molecule has 1 aromatic rings. The van der Waals surface area contributed by atoms with E-state index in [2.05, 4.69) is 10.4 Å². The van der Waals surface area contributed by atoms with Crippen LogP contribution in [0.25, 0.3) is 0 Å². The van der Waals surface area contributed by atoms with Crippen LogP contribution in [0.5, 0.6) is 0 Å². The minimum atomic E-state index is -0.809. The summed E-state index contributed by atoms with van der Waals surface area (Å²) in [7, 11) is 0. The molecule has 1 rings (SSSR count). The summed E-state index contributed by atoms with van der Waals surface area (Å²) in [6, 6.07) is 0. The highest BCUT2D eigenvalue weighted by Gasteiger charge is 2.30. The molecular weight excluding hydrogens is 228 g/mol. The average Bonchev–Trinajstić information content (AvgIpc) is 2.45. The molecule has 0 fully saturated rings. The van der Waals surface area contributed by atoms with Crippen molar-refractivity contribution in [2.75, 3.05) is 6.54 Å². The van der Waals surface area contributed by atoms with Crippen LogP contribution in [0.2, 0.25) is 5.02 Å². The van der Waals surface area contributed by atoms with E-state index in [0.29, 0.717) is 18.1 Å². The molecule has 0 radical (unpaired) electrons. The lowest BCUT2D eigenvalue weighted by atomic mass is 10.0. The lowest BCUT2D eigenvalue weighted by Gasteiger charge is -2.26. The third kappa shape index (κ3) is 2.74. The Kier molecular flexibility index (Phi) is 3.93. The quantitative estimate of drug-likeness (QED) is 0.801. The second-order valence-corrected chi connectivity index (χ2v) is 4.39. The summed E-state index contributed by atoms with van der Waals surface area (Å²) in [6.07, 6.45) is 1.69. The Bertz CT molecular complexity index is 371. The number of hydrogen-bond acceptors (Lipinski definition) is 3. The Morgan fingerprint density at radius 2 is 2.38 bits per heavy atom. The summed E-state index contributed by atoms with van der Waals surface area (Å²) >= 11 is 5.89. The van der Waals surface area contributed by atoms with Gasteiger partial charge in [-0.3, -0.25) is 9.48 Å². The zero-order chi connectivity index (χ0) is 12.3. The van der Waals surface area contributed by atoms with Gasteiger partial charge >= 0.3 is 0 Å². The fourth-order valence-electron chi connectivity index (χ4n) is 1.51. The number of likely N-dealkylation sites (N-methyl/N-ethyl adjacent to an activating group) is 1. The molecule has 1 unspecified atom stereocenters. The molecular formula is C10H17ClN4O. The number of hydrogen-bond donors (Lipinski definition) is 2. The van der Waals surface area contributed by atoms with E-state index in [1.807, 2.05) is 13.8 Å². The number of carbonyl (C=O) groups excluding carboxylic acids is 1. The van der Waals surface area contributed by atoms with Crippen LogP contribution in [0.15, 0.2) is 6.20 Å². The van der Waals surface area contributed by atoms with Gasteiger partial charge in [0.25, 0.3) is 0 Å². The first-order valence-corrected chi connectivity index (χ1v) is 5.51. The lowest BCUT2D eigenvalue weighted by Crippen LogP contribution is -2.55. The molecule has 6 heteroatoms. The number of amides is 1. The summed E-state index contributed by atoms with van der Waals surface area (Å²) in [5.74, 6) is -0.404. The van der Waals surface area contributed by atoms with E-state index >= 15 is 0 Å². The SMILES string of the molecule is CCNC(C)(Cn1cc(Cl)c(C)n1)C(N)=O. The van der Waals surface area contributed by atoms with E-state index in [0.717, 1.165) is 5.69 Å². The molecule has 1 heterocycles. The van der Waals surface area contributed by atoms with Crippen molar-refractivity contribution in [1.29, 1.82) is 0 Å². The minimum absolute atomic E-state index is 0.365. The molecule has 0 spiro atoms. The van der Waals surface area contributed by atoms with E-state index in [-0.39, 0.29) is 0 Å². The predicted molar refractivity (Wildman–Crippen MR) is 63.3 cm³/mol. The number of carbonyl (C=O) groups is 1. The van der Waals surface area contributed by atoms with E-state index in [9.17, 15) is 4.79 Å². The Morgan fingerprint density at radius 1 is 1.75 bits per heavy atom. The van der Waals surface area contributed by atoms with Gasteiger partial charge in [0, 0.05) is 6.20 Å². The first-order chi connectivity index (χ1) is 7.39. The van der Waals surface area contributed by atoms with Crippen molar-refractivity contribution >= 4 is 17.5 Å². The van der Waals surface area contributed by atoms with Crippen LogP contribution in [0, 0.1) is 6.92 Å². The molecule has 5 nitrogen and oxygen atoms in total. The number of halogens is 1. The molecule has 0 aliphatic heterocycles. The van der Waals surface area contributed by atoms with Gasteiger partial charge in [0.1, 0.15) is 5.54 Å². The molecule has 0 aromatic carbocycles. The number of nitrogens with one attached hydrogen (secondary N) is 1. The smallest absolute Gasteiger partial charge is 0.239 e.